The fraction of sp³-hybridized carbons (Fsp3) is 0.333. The third-order valence-corrected chi connectivity index (χ3v) is 3.79. The zero-order valence-corrected chi connectivity index (χ0v) is 16.3. The zero-order valence-electron chi connectivity index (χ0n) is 13.2. The van der Waals surface area contributed by atoms with Crippen LogP contribution in [0.3, 0.4) is 0 Å². The first-order chi connectivity index (χ1) is 10.8. The van der Waals surface area contributed by atoms with E-state index in [0.29, 0.717) is 45.7 Å². The molecule has 0 atom stereocenters. The summed E-state index contributed by atoms with van der Waals surface area (Å²) in [6.45, 7) is 1.64. The molecule has 0 fully saturated rings. The van der Waals surface area contributed by atoms with E-state index in [-0.39, 0.29) is 22.9 Å². The molecule has 0 bridgehead atoms. The molecule has 1 heterocycles. The second kappa shape index (κ2) is 8.71. The summed E-state index contributed by atoms with van der Waals surface area (Å²) in [7, 11) is 3.97. The third-order valence-electron chi connectivity index (χ3n) is 3.26. The number of nitrogens with zero attached hydrogens (tertiary/aromatic N) is 2. The van der Waals surface area contributed by atoms with Crippen LogP contribution in [0.1, 0.15) is 5.76 Å². The summed E-state index contributed by atoms with van der Waals surface area (Å²) in [4.78, 5) is 10.1. The van der Waals surface area contributed by atoms with Gasteiger partial charge in [-0.1, -0.05) is 23.2 Å². The van der Waals surface area contributed by atoms with E-state index in [1.54, 1.807) is 24.3 Å². The van der Waals surface area contributed by atoms with Gasteiger partial charge in [-0.25, -0.2) is 0 Å². The maximum atomic E-state index is 10.6. The van der Waals surface area contributed by atoms with E-state index in [0.717, 1.165) is 0 Å². The molecule has 0 aliphatic heterocycles. The fourth-order valence-electron chi connectivity index (χ4n) is 2.05. The van der Waals surface area contributed by atoms with Crippen LogP contribution in [0, 0.1) is 10.1 Å². The lowest BCUT2D eigenvalue weighted by Gasteiger charge is -2.28. The van der Waals surface area contributed by atoms with Gasteiger partial charge in [0.25, 0.3) is 0 Å². The molecule has 0 spiro atoms. The van der Waals surface area contributed by atoms with Crippen LogP contribution in [-0.2, 0) is 6.54 Å². The van der Waals surface area contributed by atoms with Crippen LogP contribution in [0.4, 0.5) is 5.88 Å². The van der Waals surface area contributed by atoms with E-state index >= 15 is 0 Å². The molecule has 0 aliphatic rings. The van der Waals surface area contributed by atoms with Gasteiger partial charge in [0.05, 0.1) is 25.2 Å². The van der Waals surface area contributed by atoms with Gasteiger partial charge in [-0.15, -0.1) is 0 Å². The lowest BCUT2D eigenvalue weighted by atomic mass is 10.3. The number of hydrogen-bond donors (Lipinski definition) is 0. The molecular formula is C15H17BrCl2N2O4. The van der Waals surface area contributed by atoms with Crippen molar-refractivity contribution in [1.29, 1.82) is 0 Å². The second-order valence-electron chi connectivity index (χ2n) is 5.74. The summed E-state index contributed by atoms with van der Waals surface area (Å²) in [5.41, 5.74) is 0. The summed E-state index contributed by atoms with van der Waals surface area (Å²) in [6, 6.07) is 8.04. The average molecular weight is 440 g/mol. The van der Waals surface area contributed by atoms with E-state index in [4.69, 9.17) is 32.4 Å². The SMILES string of the molecule is C[N+](C)(CCOc1ccc(Cl)cc1Cl)Cc1ccc([N+](=O)[O-])o1.[Br-]. The predicted octanol–water partition coefficient (Wildman–Crippen LogP) is 1.15. The molecule has 0 unspecified atom stereocenters. The molecule has 132 valence electrons. The Labute approximate surface area is 160 Å². The molecule has 24 heavy (non-hydrogen) atoms. The molecule has 0 radical (unpaired) electrons. The summed E-state index contributed by atoms with van der Waals surface area (Å²) < 4.78 is 11.4. The molecular weight excluding hydrogens is 423 g/mol. The van der Waals surface area contributed by atoms with Gasteiger partial charge in [0.2, 0.25) is 0 Å². The number of quaternary nitrogens is 1. The Hall–Kier alpha value is -1.28. The van der Waals surface area contributed by atoms with Gasteiger partial charge in [0, 0.05) is 5.02 Å². The lowest BCUT2D eigenvalue weighted by Crippen LogP contribution is -3.00. The van der Waals surface area contributed by atoms with Crippen LogP contribution in [0.15, 0.2) is 34.7 Å². The third kappa shape index (κ3) is 5.98. The van der Waals surface area contributed by atoms with Crippen molar-refractivity contribution in [1.82, 2.24) is 0 Å². The highest BCUT2D eigenvalue weighted by atomic mass is 79.9. The highest BCUT2D eigenvalue weighted by Crippen LogP contribution is 2.27. The van der Waals surface area contributed by atoms with Gasteiger partial charge in [-0.05, 0) is 24.3 Å². The Bertz CT molecular complexity index is 707. The van der Waals surface area contributed by atoms with Crippen molar-refractivity contribution in [2.75, 3.05) is 27.2 Å². The Morgan fingerprint density at radius 2 is 1.96 bits per heavy atom. The van der Waals surface area contributed by atoms with Crippen LogP contribution in [0.5, 0.6) is 5.75 Å². The molecule has 1 aromatic carbocycles. The molecule has 6 nitrogen and oxygen atoms in total. The van der Waals surface area contributed by atoms with E-state index in [1.807, 2.05) is 14.1 Å². The molecule has 0 saturated heterocycles. The van der Waals surface area contributed by atoms with Gasteiger partial charge in [-0.2, -0.15) is 0 Å². The molecule has 9 heteroatoms. The molecule has 0 aliphatic carbocycles. The van der Waals surface area contributed by atoms with E-state index < -0.39 is 4.92 Å². The first kappa shape index (κ1) is 20.8. The Morgan fingerprint density at radius 3 is 2.54 bits per heavy atom. The second-order valence-corrected chi connectivity index (χ2v) is 6.58. The molecule has 0 amide bonds. The topological polar surface area (TPSA) is 65.5 Å². The van der Waals surface area contributed by atoms with Gasteiger partial charge in [-0.3, -0.25) is 10.1 Å². The van der Waals surface area contributed by atoms with Crippen molar-refractivity contribution in [3.63, 3.8) is 0 Å². The van der Waals surface area contributed by atoms with Gasteiger partial charge in [0.15, 0.2) is 5.76 Å². The minimum atomic E-state index is -0.546. The summed E-state index contributed by atoms with van der Waals surface area (Å²) >= 11 is 11.9. The maximum absolute atomic E-state index is 10.6. The summed E-state index contributed by atoms with van der Waals surface area (Å²) in [6.07, 6.45) is 0. The minimum Gasteiger partial charge on any atom is -1.00 e. The van der Waals surface area contributed by atoms with E-state index in [9.17, 15) is 10.1 Å². The van der Waals surface area contributed by atoms with Gasteiger partial charge in [0.1, 0.15) is 30.4 Å². The molecule has 2 rings (SSSR count). The van der Waals surface area contributed by atoms with Crippen molar-refractivity contribution >= 4 is 29.1 Å². The lowest BCUT2D eigenvalue weighted by molar-refractivity contribution is -0.904. The predicted molar refractivity (Wildman–Crippen MR) is 88.0 cm³/mol. The molecule has 1 aromatic heterocycles. The first-order valence-corrected chi connectivity index (χ1v) is 7.65. The highest BCUT2D eigenvalue weighted by molar-refractivity contribution is 6.35. The standard InChI is InChI=1S/C15H17Cl2N2O4.BrH/c1-19(2,10-12-4-6-15(23-12)18(20)21)7-8-22-14-5-3-11(16)9-13(14)17;/h3-6,9H,7-8,10H2,1-2H3;1H/q+1;/p-1. The number of hydrogen-bond acceptors (Lipinski definition) is 4. The first-order valence-electron chi connectivity index (χ1n) is 6.90. The van der Waals surface area contributed by atoms with Crippen molar-refractivity contribution < 1.29 is 35.5 Å². The van der Waals surface area contributed by atoms with Crippen molar-refractivity contribution in [2.45, 2.75) is 6.54 Å². The number of ether oxygens (including phenoxy) is 1. The fourth-order valence-corrected chi connectivity index (χ4v) is 2.51. The quantitative estimate of drug-likeness (QED) is 0.369. The van der Waals surface area contributed by atoms with Crippen molar-refractivity contribution in [2.24, 2.45) is 0 Å². The average Bonchev–Trinajstić information content (AvgIpc) is 2.89. The monoisotopic (exact) mass is 438 g/mol. The van der Waals surface area contributed by atoms with Crippen molar-refractivity contribution in [3.8, 4) is 5.75 Å². The molecule has 2 aromatic rings. The molecule has 0 N–H and O–H groups in total. The molecule has 0 saturated carbocycles. The number of nitro groups is 1. The zero-order chi connectivity index (χ0) is 17.0. The number of furan rings is 1. The van der Waals surface area contributed by atoms with Crippen LogP contribution in [0.2, 0.25) is 10.0 Å². The summed E-state index contributed by atoms with van der Waals surface area (Å²) in [5, 5.41) is 11.6. The Morgan fingerprint density at radius 1 is 1.25 bits per heavy atom. The minimum absolute atomic E-state index is 0. The van der Waals surface area contributed by atoms with Crippen LogP contribution in [-0.4, -0.2) is 36.7 Å². The summed E-state index contributed by atoms with van der Waals surface area (Å²) in [5.74, 6) is 0.889. The number of benzene rings is 1. The van der Waals surface area contributed by atoms with Gasteiger partial charge >= 0.3 is 5.88 Å². The maximum Gasteiger partial charge on any atom is 0.433 e. The number of rotatable bonds is 7. The van der Waals surface area contributed by atoms with Crippen molar-refractivity contribution in [3.05, 3.63) is 56.3 Å². The Balaban J connectivity index is 0.00000288. The van der Waals surface area contributed by atoms with Crippen LogP contribution >= 0.6 is 23.2 Å². The van der Waals surface area contributed by atoms with Crippen LogP contribution in [0.25, 0.3) is 0 Å². The van der Waals surface area contributed by atoms with E-state index in [2.05, 4.69) is 0 Å². The Kier molecular flexibility index (Phi) is 7.54. The number of halogens is 3. The van der Waals surface area contributed by atoms with Crippen LogP contribution < -0.4 is 21.7 Å². The normalized spacial score (nSPS) is 11.0. The van der Waals surface area contributed by atoms with E-state index in [1.165, 1.54) is 6.07 Å². The van der Waals surface area contributed by atoms with Gasteiger partial charge < -0.3 is 30.6 Å². The number of likely N-dealkylation sites (N-methyl/N-ethyl adjacent to an activating group) is 1. The highest BCUT2D eigenvalue weighted by Gasteiger charge is 2.21. The smallest absolute Gasteiger partial charge is 0.433 e. The largest absolute Gasteiger partial charge is 1.00 e.